The molecule has 22 heavy (non-hydrogen) atoms. The molecule has 0 fully saturated rings. The minimum atomic E-state index is 0. The number of hydrogen-bond donors (Lipinski definition) is 1. The van der Waals surface area contributed by atoms with Gasteiger partial charge in [0.05, 0.1) is 6.61 Å². The molecule has 1 aromatic carbocycles. The van der Waals surface area contributed by atoms with Crippen LogP contribution in [0.1, 0.15) is 25.6 Å². The molecule has 1 atom stereocenters. The zero-order valence-electron chi connectivity index (χ0n) is 13.0. The monoisotopic (exact) mass is 327 g/mol. The summed E-state index contributed by atoms with van der Waals surface area (Å²) < 4.78 is 16.1. The molecule has 2 rings (SSSR count). The molecule has 0 aliphatic rings. The topological polar surface area (TPSA) is 69.4 Å². The third kappa shape index (κ3) is 5.54. The molecule has 2 aromatic rings. The summed E-state index contributed by atoms with van der Waals surface area (Å²) in [4.78, 5) is 4.29. The second kappa shape index (κ2) is 9.27. The van der Waals surface area contributed by atoms with Crippen LogP contribution in [0.4, 0.5) is 0 Å². The highest BCUT2D eigenvalue weighted by Gasteiger charge is 2.09. The van der Waals surface area contributed by atoms with Crippen LogP contribution in [0.2, 0.25) is 0 Å². The van der Waals surface area contributed by atoms with Gasteiger partial charge >= 0.3 is 0 Å². The van der Waals surface area contributed by atoms with E-state index in [1.807, 2.05) is 38.2 Å². The minimum Gasteiger partial charge on any atom is -0.494 e. The van der Waals surface area contributed by atoms with Gasteiger partial charge in [0, 0.05) is 12.5 Å². The molecule has 1 aromatic heterocycles. The van der Waals surface area contributed by atoms with Crippen LogP contribution in [0.3, 0.4) is 0 Å². The van der Waals surface area contributed by atoms with Crippen LogP contribution in [0.15, 0.2) is 28.8 Å². The van der Waals surface area contributed by atoms with Crippen molar-refractivity contribution in [3.63, 3.8) is 0 Å². The summed E-state index contributed by atoms with van der Waals surface area (Å²) in [6.45, 7) is 4.92. The summed E-state index contributed by atoms with van der Waals surface area (Å²) in [5.74, 6) is 2.72. The highest BCUT2D eigenvalue weighted by atomic mass is 35.5. The summed E-state index contributed by atoms with van der Waals surface area (Å²) in [5, 5.41) is 7.06. The van der Waals surface area contributed by atoms with Crippen molar-refractivity contribution in [3.05, 3.63) is 36.0 Å². The van der Waals surface area contributed by atoms with E-state index >= 15 is 0 Å². The quantitative estimate of drug-likeness (QED) is 0.803. The Morgan fingerprint density at radius 3 is 2.41 bits per heavy atom. The molecule has 0 saturated heterocycles. The van der Waals surface area contributed by atoms with Crippen molar-refractivity contribution in [1.29, 1.82) is 0 Å². The van der Waals surface area contributed by atoms with Crippen LogP contribution in [0.25, 0.3) is 0 Å². The molecule has 7 heteroatoms. The zero-order valence-corrected chi connectivity index (χ0v) is 13.9. The lowest BCUT2D eigenvalue weighted by atomic mass is 10.2. The van der Waals surface area contributed by atoms with Gasteiger partial charge in [0.1, 0.15) is 11.5 Å². The third-order valence-electron chi connectivity index (χ3n) is 2.99. The Labute approximate surface area is 136 Å². The molecule has 0 aliphatic heterocycles. The Hall–Kier alpha value is -1.79. The van der Waals surface area contributed by atoms with E-state index in [9.17, 15) is 0 Å². The van der Waals surface area contributed by atoms with Crippen LogP contribution in [-0.2, 0) is 13.0 Å². The first-order valence-corrected chi connectivity index (χ1v) is 7.05. The van der Waals surface area contributed by atoms with E-state index in [0.29, 0.717) is 24.4 Å². The highest BCUT2D eigenvalue weighted by molar-refractivity contribution is 5.85. The van der Waals surface area contributed by atoms with Crippen molar-refractivity contribution in [2.75, 3.05) is 13.7 Å². The molecule has 1 unspecified atom stereocenters. The van der Waals surface area contributed by atoms with E-state index < -0.39 is 0 Å². The van der Waals surface area contributed by atoms with Crippen molar-refractivity contribution < 1.29 is 14.0 Å². The third-order valence-corrected chi connectivity index (χ3v) is 2.99. The smallest absolute Gasteiger partial charge is 0.264 e. The molecule has 6 nitrogen and oxygen atoms in total. The van der Waals surface area contributed by atoms with E-state index in [-0.39, 0.29) is 19.0 Å². The number of nitrogens with one attached hydrogen (secondary N) is 1. The number of benzene rings is 1. The number of likely N-dealkylation sites (N-methyl/N-ethyl adjacent to an activating group) is 1. The standard InChI is InChI=1S/C15H21N3O3.ClH/c1-4-19-12-5-7-13(8-6-12)20-10-15-17-14(18-21-15)9-11(2)16-3;/h5-8,11,16H,4,9-10H2,1-3H3;1H. The number of halogens is 1. The second-order valence-electron chi connectivity index (χ2n) is 4.69. The van der Waals surface area contributed by atoms with E-state index in [2.05, 4.69) is 22.4 Å². The molecule has 0 aliphatic carbocycles. The largest absolute Gasteiger partial charge is 0.494 e. The van der Waals surface area contributed by atoms with Crippen LogP contribution >= 0.6 is 12.4 Å². The molecular weight excluding hydrogens is 306 g/mol. The van der Waals surface area contributed by atoms with E-state index in [0.717, 1.165) is 17.9 Å². The van der Waals surface area contributed by atoms with Crippen molar-refractivity contribution in [2.24, 2.45) is 0 Å². The first-order valence-electron chi connectivity index (χ1n) is 7.05. The number of hydrogen-bond acceptors (Lipinski definition) is 6. The molecule has 0 amide bonds. The molecule has 0 saturated carbocycles. The van der Waals surface area contributed by atoms with Gasteiger partial charge in [-0.3, -0.25) is 0 Å². The molecule has 0 bridgehead atoms. The lowest BCUT2D eigenvalue weighted by Gasteiger charge is -2.05. The lowest BCUT2D eigenvalue weighted by molar-refractivity contribution is 0.242. The zero-order chi connectivity index (χ0) is 15.1. The van der Waals surface area contributed by atoms with Gasteiger partial charge in [0.15, 0.2) is 12.4 Å². The second-order valence-corrected chi connectivity index (χ2v) is 4.69. The number of nitrogens with zero attached hydrogens (tertiary/aromatic N) is 2. The molecule has 1 heterocycles. The predicted molar refractivity (Wildman–Crippen MR) is 85.7 cm³/mol. The van der Waals surface area contributed by atoms with Crippen molar-refractivity contribution in [1.82, 2.24) is 15.5 Å². The van der Waals surface area contributed by atoms with E-state index in [1.54, 1.807) is 0 Å². The van der Waals surface area contributed by atoms with Gasteiger partial charge in [-0.05, 0) is 45.2 Å². The fourth-order valence-corrected chi connectivity index (χ4v) is 1.75. The molecular formula is C15H22ClN3O3. The normalized spacial score (nSPS) is 11.6. The van der Waals surface area contributed by atoms with E-state index in [4.69, 9.17) is 14.0 Å². The van der Waals surface area contributed by atoms with E-state index in [1.165, 1.54) is 0 Å². The summed E-state index contributed by atoms with van der Waals surface area (Å²) in [6.07, 6.45) is 0.725. The number of rotatable bonds is 8. The summed E-state index contributed by atoms with van der Waals surface area (Å²) in [7, 11) is 1.90. The number of aromatic nitrogens is 2. The average Bonchev–Trinajstić information content (AvgIpc) is 2.94. The summed E-state index contributed by atoms with van der Waals surface area (Å²) >= 11 is 0. The maximum atomic E-state index is 5.60. The van der Waals surface area contributed by atoms with Gasteiger partial charge < -0.3 is 19.3 Å². The Balaban J connectivity index is 0.00000242. The van der Waals surface area contributed by atoms with Gasteiger partial charge in [-0.15, -0.1) is 12.4 Å². The Morgan fingerprint density at radius 1 is 1.18 bits per heavy atom. The highest BCUT2D eigenvalue weighted by Crippen LogP contribution is 2.18. The Morgan fingerprint density at radius 2 is 1.82 bits per heavy atom. The fourth-order valence-electron chi connectivity index (χ4n) is 1.75. The Bertz CT molecular complexity index is 545. The SMILES string of the molecule is CCOc1ccc(OCc2nc(CC(C)NC)no2)cc1.Cl. The summed E-state index contributed by atoms with van der Waals surface area (Å²) in [6, 6.07) is 7.75. The van der Waals surface area contributed by atoms with Gasteiger partial charge in [-0.1, -0.05) is 5.16 Å². The minimum absolute atomic E-state index is 0. The first-order chi connectivity index (χ1) is 10.2. The summed E-state index contributed by atoms with van der Waals surface area (Å²) in [5.41, 5.74) is 0. The van der Waals surface area contributed by atoms with Crippen LogP contribution in [0, 0.1) is 0 Å². The lowest BCUT2D eigenvalue weighted by Crippen LogP contribution is -2.24. The Kier molecular flexibility index (Phi) is 7.70. The van der Waals surface area contributed by atoms with Crippen LogP contribution in [-0.4, -0.2) is 29.8 Å². The molecule has 0 radical (unpaired) electrons. The average molecular weight is 328 g/mol. The number of ether oxygens (including phenoxy) is 2. The van der Waals surface area contributed by atoms with Gasteiger partial charge in [0.25, 0.3) is 5.89 Å². The van der Waals surface area contributed by atoms with Crippen LogP contribution < -0.4 is 14.8 Å². The van der Waals surface area contributed by atoms with Gasteiger partial charge in [0.2, 0.25) is 0 Å². The predicted octanol–water partition coefficient (Wildman–Crippen LogP) is 2.62. The van der Waals surface area contributed by atoms with Gasteiger partial charge in [-0.2, -0.15) is 4.98 Å². The van der Waals surface area contributed by atoms with Crippen molar-refractivity contribution in [2.45, 2.75) is 32.9 Å². The van der Waals surface area contributed by atoms with Crippen molar-refractivity contribution >= 4 is 12.4 Å². The molecule has 0 spiro atoms. The maximum Gasteiger partial charge on any atom is 0.264 e. The first kappa shape index (κ1) is 18.3. The maximum absolute atomic E-state index is 5.60. The van der Waals surface area contributed by atoms with Crippen LogP contribution in [0.5, 0.6) is 11.5 Å². The fraction of sp³-hybridized carbons (Fsp3) is 0.467. The molecule has 122 valence electrons. The van der Waals surface area contributed by atoms with Crippen molar-refractivity contribution in [3.8, 4) is 11.5 Å². The molecule has 1 N–H and O–H groups in total. The van der Waals surface area contributed by atoms with Gasteiger partial charge in [-0.25, -0.2) is 0 Å².